The molecule has 0 radical (unpaired) electrons. The topological polar surface area (TPSA) is 38.1 Å². The van der Waals surface area contributed by atoms with Crippen molar-refractivity contribution in [2.24, 2.45) is 5.92 Å². The summed E-state index contributed by atoms with van der Waals surface area (Å²) in [5, 5.41) is 4.44. The fraction of sp³-hybridized carbons (Fsp3) is 0.692. The minimum Gasteiger partial charge on any atom is -0.340 e. The summed E-state index contributed by atoms with van der Waals surface area (Å²) in [6.07, 6.45) is 3.74. The van der Waals surface area contributed by atoms with Crippen molar-refractivity contribution in [2.75, 3.05) is 7.05 Å². The molecule has 1 aromatic rings. The van der Waals surface area contributed by atoms with Gasteiger partial charge in [-0.15, -0.1) is 0 Å². The summed E-state index contributed by atoms with van der Waals surface area (Å²) < 4.78 is 2.84. The predicted octanol–water partition coefficient (Wildman–Crippen LogP) is 3.06. The van der Waals surface area contributed by atoms with Gasteiger partial charge in [0.15, 0.2) is 0 Å². The van der Waals surface area contributed by atoms with Crippen LogP contribution in [0.15, 0.2) is 10.7 Å². The quantitative estimate of drug-likeness (QED) is 0.809. The van der Waals surface area contributed by atoms with E-state index >= 15 is 0 Å². The number of nitrogens with zero attached hydrogens (tertiary/aromatic N) is 3. The number of hydrogen-bond acceptors (Lipinski definition) is 2. The van der Waals surface area contributed by atoms with E-state index in [9.17, 15) is 4.79 Å². The van der Waals surface area contributed by atoms with Crippen LogP contribution >= 0.6 is 15.9 Å². The summed E-state index contributed by atoms with van der Waals surface area (Å²) in [5.41, 5.74) is 0.915. The van der Waals surface area contributed by atoms with Crippen LogP contribution < -0.4 is 0 Å². The first-order valence-corrected chi connectivity index (χ1v) is 7.29. The number of amides is 1. The molecule has 0 spiro atoms. The third-order valence-electron chi connectivity index (χ3n) is 3.21. The van der Waals surface area contributed by atoms with E-state index in [1.54, 1.807) is 4.90 Å². The Kier molecular flexibility index (Phi) is 5.85. The molecule has 1 heterocycles. The maximum absolute atomic E-state index is 12.2. The molecule has 0 fully saturated rings. The Morgan fingerprint density at radius 2 is 2.06 bits per heavy atom. The van der Waals surface area contributed by atoms with Gasteiger partial charge in [0.1, 0.15) is 0 Å². The molecule has 0 aliphatic carbocycles. The smallest absolute Gasteiger partial charge is 0.225 e. The zero-order valence-electron chi connectivity index (χ0n) is 11.6. The lowest BCUT2D eigenvalue weighted by atomic mass is 10.0. The molecule has 1 rings (SSSR count). The molecule has 0 N–H and O–H groups in total. The molecule has 18 heavy (non-hydrogen) atoms. The number of rotatable bonds is 6. The Morgan fingerprint density at radius 3 is 2.50 bits per heavy atom. The standard InChI is InChI=1S/C13H22BrN3O/c1-5-10(6-2)13(18)16(4)9-12-11(14)8-17(7-3)15-12/h8,10H,5-7,9H2,1-4H3. The van der Waals surface area contributed by atoms with E-state index in [0.29, 0.717) is 6.54 Å². The van der Waals surface area contributed by atoms with Crippen molar-refractivity contribution in [3.8, 4) is 0 Å². The van der Waals surface area contributed by atoms with Gasteiger partial charge in [-0.1, -0.05) is 13.8 Å². The molecule has 0 aliphatic heterocycles. The van der Waals surface area contributed by atoms with Gasteiger partial charge in [-0.3, -0.25) is 9.48 Å². The average Bonchev–Trinajstić information content (AvgIpc) is 2.71. The fourth-order valence-corrected chi connectivity index (χ4v) is 2.40. The van der Waals surface area contributed by atoms with Crippen molar-refractivity contribution < 1.29 is 4.79 Å². The first kappa shape index (κ1) is 15.2. The normalized spacial score (nSPS) is 11.0. The number of aryl methyl sites for hydroxylation is 1. The molecule has 0 saturated heterocycles. The summed E-state index contributed by atoms with van der Waals surface area (Å²) in [6.45, 7) is 7.55. The number of aromatic nitrogens is 2. The molecular formula is C13H22BrN3O. The predicted molar refractivity (Wildman–Crippen MR) is 76.1 cm³/mol. The maximum atomic E-state index is 12.2. The average molecular weight is 316 g/mol. The second kappa shape index (κ2) is 6.92. The van der Waals surface area contributed by atoms with Gasteiger partial charge in [0, 0.05) is 25.7 Å². The zero-order valence-corrected chi connectivity index (χ0v) is 13.2. The zero-order chi connectivity index (χ0) is 13.7. The Bertz CT molecular complexity index is 399. The van der Waals surface area contributed by atoms with E-state index in [4.69, 9.17) is 0 Å². The molecule has 1 aromatic heterocycles. The molecule has 102 valence electrons. The van der Waals surface area contributed by atoms with Crippen LogP contribution in [0.1, 0.15) is 39.3 Å². The second-order valence-corrected chi connectivity index (χ2v) is 5.34. The first-order valence-electron chi connectivity index (χ1n) is 6.50. The minimum absolute atomic E-state index is 0.127. The van der Waals surface area contributed by atoms with Crippen LogP contribution in [0.3, 0.4) is 0 Å². The molecule has 0 atom stereocenters. The van der Waals surface area contributed by atoms with E-state index < -0.39 is 0 Å². The lowest BCUT2D eigenvalue weighted by molar-refractivity contribution is -0.135. The van der Waals surface area contributed by atoms with Crippen LogP contribution in [-0.2, 0) is 17.9 Å². The van der Waals surface area contributed by atoms with Gasteiger partial charge in [-0.25, -0.2) is 0 Å². The first-order chi connectivity index (χ1) is 8.53. The molecule has 5 heteroatoms. The molecule has 0 aromatic carbocycles. The van der Waals surface area contributed by atoms with Gasteiger partial charge in [0.25, 0.3) is 0 Å². The van der Waals surface area contributed by atoms with Gasteiger partial charge in [0.05, 0.1) is 16.7 Å². The number of halogens is 1. The van der Waals surface area contributed by atoms with Gasteiger partial charge >= 0.3 is 0 Å². The summed E-state index contributed by atoms with van der Waals surface area (Å²) in [5.74, 6) is 0.333. The number of carbonyl (C=O) groups is 1. The molecule has 0 unspecified atom stereocenters. The highest BCUT2D eigenvalue weighted by molar-refractivity contribution is 9.10. The van der Waals surface area contributed by atoms with Crippen molar-refractivity contribution in [1.29, 1.82) is 0 Å². The monoisotopic (exact) mass is 315 g/mol. The second-order valence-electron chi connectivity index (χ2n) is 4.49. The van der Waals surface area contributed by atoms with E-state index in [0.717, 1.165) is 29.6 Å². The van der Waals surface area contributed by atoms with Crippen molar-refractivity contribution >= 4 is 21.8 Å². The third-order valence-corrected chi connectivity index (χ3v) is 3.87. The van der Waals surface area contributed by atoms with E-state index in [-0.39, 0.29) is 11.8 Å². The van der Waals surface area contributed by atoms with Gasteiger partial charge in [0.2, 0.25) is 5.91 Å². The van der Waals surface area contributed by atoms with Crippen LogP contribution in [0.5, 0.6) is 0 Å². The molecule has 0 bridgehead atoms. The third kappa shape index (κ3) is 3.57. The van der Waals surface area contributed by atoms with Crippen LogP contribution in [0.25, 0.3) is 0 Å². The highest BCUT2D eigenvalue weighted by Crippen LogP contribution is 2.18. The van der Waals surface area contributed by atoms with Crippen molar-refractivity contribution in [3.63, 3.8) is 0 Å². The minimum atomic E-state index is 0.127. The van der Waals surface area contributed by atoms with Gasteiger partial charge in [-0.2, -0.15) is 5.10 Å². The maximum Gasteiger partial charge on any atom is 0.225 e. The Labute approximate surface area is 117 Å². The molecule has 0 saturated carbocycles. The van der Waals surface area contributed by atoms with Crippen molar-refractivity contribution in [1.82, 2.24) is 14.7 Å². The SMILES string of the molecule is CCC(CC)C(=O)N(C)Cc1nn(CC)cc1Br. The van der Waals surface area contributed by atoms with E-state index in [1.165, 1.54) is 0 Å². The summed E-state index contributed by atoms with van der Waals surface area (Å²) in [6, 6.07) is 0. The van der Waals surface area contributed by atoms with E-state index in [1.807, 2.05) is 24.9 Å². The van der Waals surface area contributed by atoms with E-state index in [2.05, 4.69) is 34.9 Å². The summed E-state index contributed by atoms with van der Waals surface area (Å²) in [7, 11) is 1.85. The summed E-state index contributed by atoms with van der Waals surface area (Å²) >= 11 is 3.49. The van der Waals surface area contributed by atoms with Gasteiger partial charge < -0.3 is 4.90 Å². The molecule has 4 nitrogen and oxygen atoms in total. The van der Waals surface area contributed by atoms with Gasteiger partial charge in [-0.05, 0) is 35.7 Å². The van der Waals surface area contributed by atoms with Crippen molar-refractivity contribution in [3.05, 3.63) is 16.4 Å². The Morgan fingerprint density at radius 1 is 1.44 bits per heavy atom. The Hall–Kier alpha value is -0.840. The lowest BCUT2D eigenvalue weighted by Crippen LogP contribution is -2.32. The molecular weight excluding hydrogens is 294 g/mol. The largest absolute Gasteiger partial charge is 0.340 e. The lowest BCUT2D eigenvalue weighted by Gasteiger charge is -2.21. The highest BCUT2D eigenvalue weighted by atomic mass is 79.9. The van der Waals surface area contributed by atoms with Crippen LogP contribution in [-0.4, -0.2) is 27.6 Å². The van der Waals surface area contributed by atoms with Crippen LogP contribution in [0, 0.1) is 5.92 Å². The Balaban J connectivity index is 2.71. The number of carbonyl (C=O) groups excluding carboxylic acids is 1. The van der Waals surface area contributed by atoms with Crippen LogP contribution in [0.4, 0.5) is 0 Å². The van der Waals surface area contributed by atoms with Crippen molar-refractivity contribution in [2.45, 2.75) is 46.7 Å². The van der Waals surface area contributed by atoms with Crippen LogP contribution in [0.2, 0.25) is 0 Å². The summed E-state index contributed by atoms with van der Waals surface area (Å²) in [4.78, 5) is 13.9. The fourth-order valence-electron chi connectivity index (χ4n) is 1.96. The molecule has 0 aliphatic rings. The molecule has 1 amide bonds. The number of hydrogen-bond donors (Lipinski definition) is 0. The highest BCUT2D eigenvalue weighted by Gasteiger charge is 2.20.